The molecule has 2 aromatic rings. The third kappa shape index (κ3) is 3.61. The van der Waals surface area contributed by atoms with Crippen molar-refractivity contribution in [2.75, 3.05) is 13.1 Å². The summed E-state index contributed by atoms with van der Waals surface area (Å²) in [6, 6.07) is 9.67. The molecule has 2 aliphatic rings. The van der Waals surface area contributed by atoms with Crippen molar-refractivity contribution in [1.29, 1.82) is 0 Å². The normalized spacial score (nSPS) is 22.6. The molecule has 1 N–H and O–H groups in total. The maximum atomic E-state index is 12.6. The quantitative estimate of drug-likeness (QED) is 0.904. The van der Waals surface area contributed by atoms with Crippen LogP contribution in [0, 0.1) is 5.92 Å². The number of nitrogens with zero attached hydrogens (tertiary/aromatic N) is 3. The van der Waals surface area contributed by atoms with Crippen LogP contribution in [-0.2, 0) is 16.0 Å². The van der Waals surface area contributed by atoms with Gasteiger partial charge in [-0.1, -0.05) is 41.9 Å². The average Bonchev–Trinajstić information content (AvgIpc) is 2.97. The Morgan fingerprint density at radius 3 is 2.92 bits per heavy atom. The first kappa shape index (κ1) is 16.8. The molecule has 136 valence electrons. The number of aryl methyl sites for hydroxylation is 1. The van der Waals surface area contributed by atoms with E-state index in [2.05, 4.69) is 15.5 Å². The van der Waals surface area contributed by atoms with Crippen LogP contribution in [0.4, 0.5) is 0 Å². The fourth-order valence-electron chi connectivity index (χ4n) is 3.69. The van der Waals surface area contributed by atoms with E-state index in [0.717, 1.165) is 24.8 Å². The van der Waals surface area contributed by atoms with Gasteiger partial charge in [-0.3, -0.25) is 9.59 Å². The third-order valence-electron chi connectivity index (χ3n) is 5.11. The lowest BCUT2D eigenvalue weighted by molar-refractivity contribution is -0.132. The van der Waals surface area contributed by atoms with Gasteiger partial charge in [0.05, 0.1) is 5.92 Å². The van der Waals surface area contributed by atoms with Crippen molar-refractivity contribution in [2.24, 2.45) is 5.92 Å². The predicted octanol–water partition coefficient (Wildman–Crippen LogP) is 1.80. The number of hydrogen-bond donors (Lipinski definition) is 1. The molecule has 2 bridgehead atoms. The SMILES string of the molecule is O=C1N[C@@H]2CCC[C@@H]1CN(C(=O)CCc1nc(-c3ccccc3)no1)C2. The molecule has 0 saturated carbocycles. The molecule has 2 atom stereocenters. The van der Waals surface area contributed by atoms with Gasteiger partial charge in [-0.2, -0.15) is 4.98 Å². The van der Waals surface area contributed by atoms with Crippen LogP contribution in [0.15, 0.2) is 34.9 Å². The lowest BCUT2D eigenvalue weighted by Crippen LogP contribution is -2.41. The standard InChI is InChI=1S/C19H22N4O3/c24-17(23-11-14-7-4-8-15(12-23)20-19(14)25)10-9-16-21-18(22-26-16)13-5-2-1-3-6-13/h1-3,5-6,14-15H,4,7-12H2,(H,20,25)/t14-,15-/m1/s1. The number of rotatable bonds is 4. The fraction of sp³-hybridized carbons (Fsp3) is 0.474. The Morgan fingerprint density at radius 2 is 2.08 bits per heavy atom. The zero-order chi connectivity index (χ0) is 17.9. The maximum Gasteiger partial charge on any atom is 0.227 e. The summed E-state index contributed by atoms with van der Waals surface area (Å²) < 4.78 is 5.27. The smallest absolute Gasteiger partial charge is 0.227 e. The van der Waals surface area contributed by atoms with Gasteiger partial charge < -0.3 is 14.7 Å². The molecular weight excluding hydrogens is 332 g/mol. The monoisotopic (exact) mass is 354 g/mol. The van der Waals surface area contributed by atoms with E-state index in [1.54, 1.807) is 0 Å². The highest BCUT2D eigenvalue weighted by Gasteiger charge is 2.34. The number of benzene rings is 1. The lowest BCUT2D eigenvalue weighted by atomic mass is 9.99. The largest absolute Gasteiger partial charge is 0.351 e. The Bertz CT molecular complexity index is 789. The highest BCUT2D eigenvalue weighted by atomic mass is 16.5. The molecule has 2 fully saturated rings. The summed E-state index contributed by atoms with van der Waals surface area (Å²) in [5, 5.41) is 7.03. The zero-order valence-corrected chi connectivity index (χ0v) is 14.6. The number of nitrogens with one attached hydrogen (secondary N) is 1. The molecule has 26 heavy (non-hydrogen) atoms. The van der Waals surface area contributed by atoms with Crippen molar-refractivity contribution in [3.05, 3.63) is 36.2 Å². The lowest BCUT2D eigenvalue weighted by Gasteiger charge is -2.27. The number of carbonyl (C=O) groups excluding carboxylic acids is 2. The molecule has 1 aromatic heterocycles. The number of likely N-dealkylation sites (tertiary alicyclic amines) is 1. The second-order valence-electron chi connectivity index (χ2n) is 7.01. The summed E-state index contributed by atoms with van der Waals surface area (Å²) in [6.07, 6.45) is 3.56. The van der Waals surface area contributed by atoms with Gasteiger partial charge in [0, 0.05) is 37.5 Å². The van der Waals surface area contributed by atoms with E-state index in [0.29, 0.717) is 37.6 Å². The van der Waals surface area contributed by atoms with Crippen molar-refractivity contribution < 1.29 is 14.1 Å². The Balaban J connectivity index is 1.37. The molecule has 0 radical (unpaired) electrons. The molecule has 0 spiro atoms. The van der Waals surface area contributed by atoms with Gasteiger partial charge in [-0.05, 0) is 12.8 Å². The van der Waals surface area contributed by atoms with E-state index < -0.39 is 0 Å². The van der Waals surface area contributed by atoms with Crippen molar-refractivity contribution in [1.82, 2.24) is 20.4 Å². The van der Waals surface area contributed by atoms with Crippen molar-refractivity contribution in [2.45, 2.75) is 38.1 Å². The third-order valence-corrected chi connectivity index (χ3v) is 5.11. The molecule has 3 heterocycles. The second kappa shape index (κ2) is 7.27. The van der Waals surface area contributed by atoms with Crippen LogP contribution in [-0.4, -0.2) is 46.0 Å². The zero-order valence-electron chi connectivity index (χ0n) is 14.6. The van der Waals surface area contributed by atoms with Crippen LogP contribution in [0.5, 0.6) is 0 Å². The highest BCUT2D eigenvalue weighted by Crippen LogP contribution is 2.22. The fourth-order valence-corrected chi connectivity index (χ4v) is 3.69. The highest BCUT2D eigenvalue weighted by molar-refractivity contribution is 5.82. The van der Waals surface area contributed by atoms with E-state index in [4.69, 9.17) is 4.52 Å². The Morgan fingerprint density at radius 1 is 1.23 bits per heavy atom. The first-order valence-electron chi connectivity index (χ1n) is 9.15. The topological polar surface area (TPSA) is 88.3 Å². The molecule has 1 aromatic carbocycles. The summed E-state index contributed by atoms with van der Waals surface area (Å²) in [6.45, 7) is 1.11. The Labute approximate surface area is 151 Å². The first-order valence-corrected chi connectivity index (χ1v) is 9.15. The van der Waals surface area contributed by atoms with Crippen molar-refractivity contribution >= 4 is 11.8 Å². The van der Waals surface area contributed by atoms with Crippen LogP contribution >= 0.6 is 0 Å². The molecule has 2 saturated heterocycles. The van der Waals surface area contributed by atoms with Crippen molar-refractivity contribution in [3.63, 3.8) is 0 Å². The molecule has 0 unspecified atom stereocenters. The van der Waals surface area contributed by atoms with Gasteiger partial charge in [0.25, 0.3) is 0 Å². The summed E-state index contributed by atoms with van der Waals surface area (Å²) >= 11 is 0. The van der Waals surface area contributed by atoms with E-state index >= 15 is 0 Å². The van der Waals surface area contributed by atoms with Gasteiger partial charge in [-0.15, -0.1) is 0 Å². The molecule has 2 amide bonds. The van der Waals surface area contributed by atoms with Gasteiger partial charge in [-0.25, -0.2) is 0 Å². The van der Waals surface area contributed by atoms with Gasteiger partial charge >= 0.3 is 0 Å². The summed E-state index contributed by atoms with van der Waals surface area (Å²) in [5.41, 5.74) is 0.888. The molecule has 7 heteroatoms. The van der Waals surface area contributed by atoms with Crippen LogP contribution in [0.2, 0.25) is 0 Å². The van der Waals surface area contributed by atoms with Crippen molar-refractivity contribution in [3.8, 4) is 11.4 Å². The molecular formula is C19H22N4O3. The second-order valence-corrected chi connectivity index (χ2v) is 7.01. The van der Waals surface area contributed by atoms with Gasteiger partial charge in [0.2, 0.25) is 23.5 Å². The number of hydrogen-bond acceptors (Lipinski definition) is 5. The minimum atomic E-state index is -0.0838. The summed E-state index contributed by atoms with van der Waals surface area (Å²) in [5.74, 6) is 1.04. The van der Waals surface area contributed by atoms with Gasteiger partial charge in [0.1, 0.15) is 0 Å². The van der Waals surface area contributed by atoms with E-state index in [1.807, 2.05) is 35.2 Å². The molecule has 2 aliphatic heterocycles. The minimum absolute atomic E-state index is 0.0397. The van der Waals surface area contributed by atoms with Crippen LogP contribution in [0.25, 0.3) is 11.4 Å². The Hall–Kier alpha value is -2.70. The summed E-state index contributed by atoms with van der Waals surface area (Å²) in [4.78, 5) is 30.9. The number of fused-ring (bicyclic) bond motifs is 3. The Kier molecular flexibility index (Phi) is 4.69. The minimum Gasteiger partial charge on any atom is -0.351 e. The number of carbonyl (C=O) groups is 2. The summed E-state index contributed by atoms with van der Waals surface area (Å²) in [7, 11) is 0. The van der Waals surface area contributed by atoms with E-state index in [9.17, 15) is 9.59 Å². The predicted molar refractivity (Wildman–Crippen MR) is 93.9 cm³/mol. The molecule has 7 nitrogen and oxygen atoms in total. The maximum absolute atomic E-state index is 12.6. The first-order chi connectivity index (χ1) is 12.7. The van der Waals surface area contributed by atoms with E-state index in [1.165, 1.54) is 0 Å². The van der Waals surface area contributed by atoms with Crippen LogP contribution in [0.1, 0.15) is 31.6 Å². The molecule has 0 aliphatic carbocycles. The van der Waals surface area contributed by atoms with E-state index in [-0.39, 0.29) is 23.8 Å². The molecule has 4 rings (SSSR count). The number of amides is 2. The van der Waals surface area contributed by atoms with Gasteiger partial charge in [0.15, 0.2) is 0 Å². The average molecular weight is 354 g/mol. The number of aromatic nitrogens is 2. The van der Waals surface area contributed by atoms with Crippen LogP contribution in [0.3, 0.4) is 0 Å². The van der Waals surface area contributed by atoms with Crippen LogP contribution < -0.4 is 5.32 Å².